The zero-order chi connectivity index (χ0) is 11.9. The van der Waals surface area contributed by atoms with Crippen molar-refractivity contribution in [3.63, 3.8) is 0 Å². The number of rotatable bonds is 5. The molecule has 0 aromatic carbocycles. The average Bonchev–Trinajstić information content (AvgIpc) is 2.15. The largest absolute Gasteiger partial charge is 0.356 e. The summed E-state index contributed by atoms with van der Waals surface area (Å²) in [6.45, 7) is 10.1. The lowest BCUT2D eigenvalue weighted by Crippen LogP contribution is -2.36. The van der Waals surface area contributed by atoms with Crippen LogP contribution in [-0.2, 0) is 9.59 Å². The maximum Gasteiger partial charge on any atom is 0.243 e. The van der Waals surface area contributed by atoms with Crippen molar-refractivity contribution in [2.75, 3.05) is 13.1 Å². The molecule has 0 aromatic rings. The SMILES string of the molecule is C=CC(=O)NCCCNC(=O)C(C)(C)C. The van der Waals surface area contributed by atoms with Crippen LogP contribution in [0.15, 0.2) is 12.7 Å². The maximum atomic E-state index is 11.4. The Kier molecular flexibility index (Phi) is 5.67. The number of nitrogens with one attached hydrogen (secondary N) is 2. The van der Waals surface area contributed by atoms with Gasteiger partial charge in [0.05, 0.1) is 0 Å². The van der Waals surface area contributed by atoms with Crippen LogP contribution in [0.5, 0.6) is 0 Å². The summed E-state index contributed by atoms with van der Waals surface area (Å²) in [6.07, 6.45) is 1.95. The molecule has 0 fully saturated rings. The van der Waals surface area contributed by atoms with E-state index in [1.165, 1.54) is 6.08 Å². The Labute approximate surface area is 91.1 Å². The lowest BCUT2D eigenvalue weighted by Gasteiger charge is -2.17. The van der Waals surface area contributed by atoms with E-state index in [0.29, 0.717) is 13.1 Å². The van der Waals surface area contributed by atoms with Gasteiger partial charge in [-0.3, -0.25) is 9.59 Å². The summed E-state index contributed by atoms with van der Waals surface area (Å²) < 4.78 is 0. The van der Waals surface area contributed by atoms with Gasteiger partial charge in [-0.2, -0.15) is 0 Å². The molecule has 0 aliphatic rings. The van der Waals surface area contributed by atoms with E-state index >= 15 is 0 Å². The molecule has 0 bridgehead atoms. The van der Waals surface area contributed by atoms with Gasteiger partial charge in [-0.25, -0.2) is 0 Å². The Morgan fingerprint density at radius 3 is 2.20 bits per heavy atom. The average molecular weight is 212 g/mol. The first-order chi connectivity index (χ1) is 6.88. The molecule has 2 N–H and O–H groups in total. The van der Waals surface area contributed by atoms with Crippen molar-refractivity contribution in [1.29, 1.82) is 0 Å². The highest BCUT2D eigenvalue weighted by Gasteiger charge is 2.19. The summed E-state index contributed by atoms with van der Waals surface area (Å²) in [5.41, 5.74) is -0.357. The zero-order valence-corrected chi connectivity index (χ0v) is 9.72. The van der Waals surface area contributed by atoms with Crippen molar-refractivity contribution < 1.29 is 9.59 Å². The van der Waals surface area contributed by atoms with E-state index in [-0.39, 0.29) is 17.2 Å². The molecular weight excluding hydrogens is 192 g/mol. The molecule has 4 nitrogen and oxygen atoms in total. The first kappa shape index (κ1) is 13.7. The van der Waals surface area contributed by atoms with Crippen molar-refractivity contribution >= 4 is 11.8 Å². The number of amides is 2. The van der Waals surface area contributed by atoms with Gasteiger partial charge < -0.3 is 10.6 Å². The van der Waals surface area contributed by atoms with Crippen molar-refractivity contribution in [3.05, 3.63) is 12.7 Å². The summed E-state index contributed by atoms with van der Waals surface area (Å²) in [6, 6.07) is 0. The Bertz CT molecular complexity index is 241. The number of carbonyl (C=O) groups is 2. The highest BCUT2D eigenvalue weighted by molar-refractivity contribution is 5.86. The van der Waals surface area contributed by atoms with E-state index in [1.54, 1.807) is 0 Å². The van der Waals surface area contributed by atoms with Crippen LogP contribution in [0.1, 0.15) is 27.2 Å². The van der Waals surface area contributed by atoms with E-state index in [9.17, 15) is 9.59 Å². The van der Waals surface area contributed by atoms with E-state index in [4.69, 9.17) is 0 Å². The molecule has 2 amide bonds. The van der Waals surface area contributed by atoms with E-state index in [2.05, 4.69) is 17.2 Å². The molecule has 0 unspecified atom stereocenters. The molecule has 0 saturated heterocycles. The zero-order valence-electron chi connectivity index (χ0n) is 9.72. The molecule has 0 aromatic heterocycles. The standard InChI is InChI=1S/C11H20N2O2/c1-5-9(14)12-7-6-8-13-10(15)11(2,3)4/h5H,1,6-8H2,2-4H3,(H,12,14)(H,13,15). The molecule has 0 radical (unpaired) electrons. The Morgan fingerprint density at radius 1 is 1.20 bits per heavy atom. The van der Waals surface area contributed by atoms with Crippen LogP contribution in [0.2, 0.25) is 0 Å². The normalized spacial score (nSPS) is 10.6. The fraction of sp³-hybridized carbons (Fsp3) is 0.636. The maximum absolute atomic E-state index is 11.4. The smallest absolute Gasteiger partial charge is 0.243 e. The third kappa shape index (κ3) is 6.71. The highest BCUT2D eigenvalue weighted by Crippen LogP contribution is 2.11. The predicted molar refractivity (Wildman–Crippen MR) is 60.3 cm³/mol. The van der Waals surface area contributed by atoms with Crippen LogP contribution < -0.4 is 10.6 Å². The van der Waals surface area contributed by atoms with E-state index < -0.39 is 0 Å². The minimum atomic E-state index is -0.357. The van der Waals surface area contributed by atoms with Gasteiger partial charge in [0, 0.05) is 18.5 Å². The molecule has 0 atom stereocenters. The molecule has 0 aliphatic heterocycles. The first-order valence-electron chi connectivity index (χ1n) is 5.06. The van der Waals surface area contributed by atoms with E-state index in [0.717, 1.165) is 6.42 Å². The second-order valence-corrected chi connectivity index (χ2v) is 4.35. The highest BCUT2D eigenvalue weighted by atomic mass is 16.2. The van der Waals surface area contributed by atoms with Gasteiger partial charge in [-0.1, -0.05) is 27.4 Å². The third-order valence-electron chi connectivity index (χ3n) is 1.80. The molecule has 0 spiro atoms. The quantitative estimate of drug-likeness (QED) is 0.524. The lowest BCUT2D eigenvalue weighted by molar-refractivity contribution is -0.128. The van der Waals surface area contributed by atoms with Crippen molar-refractivity contribution in [2.24, 2.45) is 5.41 Å². The van der Waals surface area contributed by atoms with Crippen LogP contribution >= 0.6 is 0 Å². The summed E-state index contributed by atoms with van der Waals surface area (Å²) >= 11 is 0. The molecular formula is C11H20N2O2. The first-order valence-corrected chi connectivity index (χ1v) is 5.06. The van der Waals surface area contributed by atoms with Crippen LogP contribution in [0.25, 0.3) is 0 Å². The Morgan fingerprint density at radius 2 is 1.73 bits per heavy atom. The van der Waals surface area contributed by atoms with Gasteiger partial charge in [0.2, 0.25) is 11.8 Å². The minimum absolute atomic E-state index is 0.0255. The second kappa shape index (κ2) is 6.22. The number of hydrogen-bond acceptors (Lipinski definition) is 2. The molecule has 0 saturated carbocycles. The summed E-state index contributed by atoms with van der Waals surface area (Å²) in [7, 11) is 0. The Hall–Kier alpha value is -1.32. The second-order valence-electron chi connectivity index (χ2n) is 4.35. The van der Waals surface area contributed by atoms with Crippen LogP contribution in [-0.4, -0.2) is 24.9 Å². The van der Waals surface area contributed by atoms with Crippen molar-refractivity contribution in [2.45, 2.75) is 27.2 Å². The van der Waals surface area contributed by atoms with E-state index in [1.807, 2.05) is 20.8 Å². The molecule has 15 heavy (non-hydrogen) atoms. The number of hydrogen-bond donors (Lipinski definition) is 2. The van der Waals surface area contributed by atoms with Gasteiger partial charge in [0.15, 0.2) is 0 Å². The topological polar surface area (TPSA) is 58.2 Å². The van der Waals surface area contributed by atoms with Gasteiger partial charge in [0.1, 0.15) is 0 Å². The summed E-state index contributed by atoms with van der Waals surface area (Å²) in [4.78, 5) is 22.2. The van der Waals surface area contributed by atoms with Gasteiger partial charge >= 0.3 is 0 Å². The minimum Gasteiger partial charge on any atom is -0.356 e. The lowest BCUT2D eigenvalue weighted by atomic mass is 9.96. The van der Waals surface area contributed by atoms with Gasteiger partial charge in [-0.15, -0.1) is 0 Å². The molecule has 0 rings (SSSR count). The number of carbonyl (C=O) groups excluding carboxylic acids is 2. The van der Waals surface area contributed by atoms with Crippen molar-refractivity contribution in [3.8, 4) is 0 Å². The Balaban J connectivity index is 3.52. The van der Waals surface area contributed by atoms with Gasteiger partial charge in [-0.05, 0) is 12.5 Å². The van der Waals surface area contributed by atoms with Crippen LogP contribution in [0, 0.1) is 5.41 Å². The van der Waals surface area contributed by atoms with Crippen molar-refractivity contribution in [1.82, 2.24) is 10.6 Å². The summed E-state index contributed by atoms with van der Waals surface area (Å²) in [5, 5.41) is 5.43. The predicted octanol–water partition coefficient (Wildman–Crippen LogP) is 0.841. The fourth-order valence-corrected chi connectivity index (χ4v) is 0.839. The molecule has 86 valence electrons. The molecule has 0 aliphatic carbocycles. The third-order valence-corrected chi connectivity index (χ3v) is 1.80. The molecule has 0 heterocycles. The van der Waals surface area contributed by atoms with Gasteiger partial charge in [0.25, 0.3) is 0 Å². The van der Waals surface area contributed by atoms with Crippen LogP contribution in [0.4, 0.5) is 0 Å². The summed E-state index contributed by atoms with van der Waals surface area (Å²) in [5.74, 6) is -0.158. The van der Waals surface area contributed by atoms with Crippen LogP contribution in [0.3, 0.4) is 0 Å². The molecule has 4 heteroatoms. The fourth-order valence-electron chi connectivity index (χ4n) is 0.839. The monoisotopic (exact) mass is 212 g/mol.